The summed E-state index contributed by atoms with van der Waals surface area (Å²) in [5, 5.41) is 16.6. The van der Waals surface area contributed by atoms with E-state index in [1.165, 1.54) is 0 Å². The number of aliphatic hydroxyl groups is 1. The fourth-order valence-corrected chi connectivity index (χ4v) is 2.81. The first-order chi connectivity index (χ1) is 14.6. The molecule has 0 aliphatic rings. The summed E-state index contributed by atoms with van der Waals surface area (Å²) in [7, 11) is 3.43. The first-order valence-corrected chi connectivity index (χ1v) is 11.2. The van der Waals surface area contributed by atoms with Crippen LogP contribution in [-0.2, 0) is 23.7 Å². The summed E-state index contributed by atoms with van der Waals surface area (Å²) in [6.07, 6.45) is -0.407. The van der Waals surface area contributed by atoms with E-state index < -0.39 is 6.10 Å². The van der Waals surface area contributed by atoms with Crippen LogP contribution in [0.2, 0.25) is 0 Å². The Balaban J connectivity index is 4.35. The molecular weight excluding hydrogens is 390 g/mol. The lowest BCUT2D eigenvalue weighted by atomic mass is 10.3. The number of ether oxygens (including phenoxy) is 5. The summed E-state index contributed by atoms with van der Waals surface area (Å²) >= 11 is 0. The molecule has 30 heavy (non-hydrogen) atoms. The summed E-state index contributed by atoms with van der Waals surface area (Å²) in [5.41, 5.74) is 0. The second kappa shape index (κ2) is 21.9. The van der Waals surface area contributed by atoms with Gasteiger partial charge in [-0.05, 0) is 20.8 Å². The molecule has 0 aromatic heterocycles. The fraction of sp³-hybridized carbons (Fsp3) is 1.00. The Morgan fingerprint density at radius 1 is 0.733 bits per heavy atom. The third-order valence-corrected chi connectivity index (χ3v) is 4.62. The molecule has 0 aliphatic heterocycles. The van der Waals surface area contributed by atoms with Crippen LogP contribution in [0.1, 0.15) is 20.8 Å². The lowest BCUT2D eigenvalue weighted by molar-refractivity contribution is -0.00691. The zero-order valence-corrected chi connectivity index (χ0v) is 19.9. The van der Waals surface area contributed by atoms with E-state index in [9.17, 15) is 5.11 Å². The van der Waals surface area contributed by atoms with Crippen molar-refractivity contribution in [3.05, 3.63) is 0 Å². The van der Waals surface area contributed by atoms with Crippen molar-refractivity contribution >= 4 is 0 Å². The average molecular weight is 438 g/mol. The van der Waals surface area contributed by atoms with Crippen LogP contribution in [-0.4, -0.2) is 128 Å². The van der Waals surface area contributed by atoms with E-state index in [0.717, 1.165) is 39.3 Å². The minimum absolute atomic E-state index is 0.0261. The highest BCUT2D eigenvalue weighted by atomic mass is 16.5. The molecular formula is C21H47N3O6. The Labute approximate surface area is 183 Å². The van der Waals surface area contributed by atoms with Crippen LogP contribution < -0.4 is 10.6 Å². The zero-order valence-electron chi connectivity index (χ0n) is 19.9. The minimum Gasteiger partial charge on any atom is -0.389 e. The summed E-state index contributed by atoms with van der Waals surface area (Å²) in [5.74, 6) is 0. The molecule has 0 heterocycles. The van der Waals surface area contributed by atoms with Crippen molar-refractivity contribution in [3.63, 3.8) is 0 Å². The molecule has 182 valence electrons. The second-order valence-corrected chi connectivity index (χ2v) is 7.06. The van der Waals surface area contributed by atoms with Gasteiger partial charge in [0.15, 0.2) is 0 Å². The third-order valence-electron chi connectivity index (χ3n) is 4.62. The zero-order chi connectivity index (χ0) is 22.5. The summed E-state index contributed by atoms with van der Waals surface area (Å²) in [4.78, 5) is 2.34. The highest BCUT2D eigenvalue weighted by Gasteiger charge is 2.15. The van der Waals surface area contributed by atoms with Gasteiger partial charge in [-0.1, -0.05) is 0 Å². The van der Waals surface area contributed by atoms with Crippen LogP contribution in [0, 0.1) is 0 Å². The van der Waals surface area contributed by atoms with E-state index in [-0.39, 0.29) is 12.2 Å². The molecule has 3 unspecified atom stereocenters. The second-order valence-electron chi connectivity index (χ2n) is 7.06. The monoisotopic (exact) mass is 437 g/mol. The van der Waals surface area contributed by atoms with Gasteiger partial charge in [0.25, 0.3) is 0 Å². The van der Waals surface area contributed by atoms with E-state index in [0.29, 0.717) is 46.2 Å². The first-order valence-electron chi connectivity index (χ1n) is 11.2. The molecule has 0 spiro atoms. The smallest absolute Gasteiger partial charge is 0.0931 e. The van der Waals surface area contributed by atoms with Crippen LogP contribution in [0.3, 0.4) is 0 Å². The van der Waals surface area contributed by atoms with E-state index in [4.69, 9.17) is 23.7 Å². The van der Waals surface area contributed by atoms with Crippen molar-refractivity contribution < 1.29 is 28.8 Å². The molecule has 0 saturated heterocycles. The summed E-state index contributed by atoms with van der Waals surface area (Å²) < 4.78 is 27.2. The Morgan fingerprint density at radius 3 is 1.77 bits per heavy atom. The van der Waals surface area contributed by atoms with Gasteiger partial charge in [0.2, 0.25) is 0 Å². The van der Waals surface area contributed by atoms with E-state index in [1.807, 2.05) is 20.8 Å². The van der Waals surface area contributed by atoms with Gasteiger partial charge >= 0.3 is 0 Å². The predicted molar refractivity (Wildman–Crippen MR) is 119 cm³/mol. The van der Waals surface area contributed by atoms with Gasteiger partial charge in [0.05, 0.1) is 38.1 Å². The maximum atomic E-state index is 9.87. The standard InChI is InChI=1S/C21H47N3O6/c1-6-28-16-19(25)13-22-9-11-24(15-21(27-5)18-30-8-3)12-10-23-14-20(26-4)17-29-7-2/h19-23,25H,6-18H2,1-5H3. The minimum atomic E-state index is -0.485. The van der Waals surface area contributed by atoms with Crippen molar-refractivity contribution in [2.75, 3.05) is 99.7 Å². The number of rotatable bonds is 23. The molecule has 0 saturated carbocycles. The van der Waals surface area contributed by atoms with Crippen LogP contribution in [0.4, 0.5) is 0 Å². The van der Waals surface area contributed by atoms with Gasteiger partial charge in [-0.2, -0.15) is 0 Å². The molecule has 0 rings (SSSR count). The van der Waals surface area contributed by atoms with Crippen LogP contribution >= 0.6 is 0 Å². The third kappa shape index (κ3) is 17.3. The highest BCUT2D eigenvalue weighted by Crippen LogP contribution is 1.98. The van der Waals surface area contributed by atoms with Crippen molar-refractivity contribution in [2.24, 2.45) is 0 Å². The predicted octanol–water partition coefficient (Wildman–Crippen LogP) is -0.0320. The Hall–Kier alpha value is -0.360. The largest absolute Gasteiger partial charge is 0.389 e. The quantitative estimate of drug-likeness (QED) is 0.191. The van der Waals surface area contributed by atoms with E-state index >= 15 is 0 Å². The van der Waals surface area contributed by atoms with Crippen LogP contribution in [0.5, 0.6) is 0 Å². The molecule has 0 amide bonds. The maximum absolute atomic E-state index is 9.87. The normalized spacial score (nSPS) is 14.9. The lowest BCUT2D eigenvalue weighted by Crippen LogP contribution is -2.44. The van der Waals surface area contributed by atoms with Gasteiger partial charge in [0.1, 0.15) is 0 Å². The van der Waals surface area contributed by atoms with Gasteiger partial charge < -0.3 is 39.4 Å². The number of hydrogen-bond acceptors (Lipinski definition) is 9. The van der Waals surface area contributed by atoms with E-state index in [1.54, 1.807) is 14.2 Å². The van der Waals surface area contributed by atoms with Crippen molar-refractivity contribution in [1.82, 2.24) is 15.5 Å². The summed E-state index contributed by atoms with van der Waals surface area (Å²) in [6.45, 7) is 14.8. The molecule has 0 aromatic carbocycles. The Kier molecular flexibility index (Phi) is 21.6. The fourth-order valence-electron chi connectivity index (χ4n) is 2.81. The van der Waals surface area contributed by atoms with Crippen molar-refractivity contribution in [1.29, 1.82) is 0 Å². The molecule has 0 aromatic rings. The molecule has 9 nitrogen and oxygen atoms in total. The molecule has 0 aliphatic carbocycles. The molecule has 3 atom stereocenters. The topological polar surface area (TPSA) is 93.7 Å². The SMILES string of the molecule is CCOCC(O)CNCCN(CCNCC(COCC)OC)CC(COCC)OC. The first kappa shape index (κ1) is 29.6. The van der Waals surface area contributed by atoms with Gasteiger partial charge in [-0.3, -0.25) is 4.90 Å². The highest BCUT2D eigenvalue weighted by molar-refractivity contribution is 4.70. The number of methoxy groups -OCH3 is 2. The maximum Gasteiger partial charge on any atom is 0.0931 e. The van der Waals surface area contributed by atoms with Crippen molar-refractivity contribution in [3.8, 4) is 0 Å². The van der Waals surface area contributed by atoms with Crippen LogP contribution in [0.25, 0.3) is 0 Å². The molecule has 0 radical (unpaired) electrons. The Bertz CT molecular complexity index is 355. The van der Waals surface area contributed by atoms with Crippen LogP contribution in [0.15, 0.2) is 0 Å². The van der Waals surface area contributed by atoms with Crippen molar-refractivity contribution in [2.45, 2.75) is 39.1 Å². The number of aliphatic hydroxyl groups excluding tert-OH is 1. The molecule has 0 fully saturated rings. The molecule has 0 bridgehead atoms. The number of hydrogen-bond donors (Lipinski definition) is 3. The average Bonchev–Trinajstić information content (AvgIpc) is 2.76. The van der Waals surface area contributed by atoms with E-state index in [2.05, 4.69) is 15.5 Å². The number of nitrogens with zero attached hydrogens (tertiary/aromatic N) is 1. The molecule has 9 heteroatoms. The number of nitrogens with one attached hydrogen (secondary N) is 2. The summed E-state index contributed by atoms with van der Waals surface area (Å²) in [6, 6.07) is 0. The molecule has 3 N–H and O–H groups in total. The van der Waals surface area contributed by atoms with Gasteiger partial charge in [-0.15, -0.1) is 0 Å². The van der Waals surface area contributed by atoms with Gasteiger partial charge in [-0.25, -0.2) is 0 Å². The van der Waals surface area contributed by atoms with Gasteiger partial charge in [0, 0.05) is 79.9 Å². The Morgan fingerprint density at radius 2 is 1.23 bits per heavy atom. The lowest BCUT2D eigenvalue weighted by Gasteiger charge is -2.27.